The number of aliphatic hydroxyl groups excluding tert-OH is 1. The highest BCUT2D eigenvalue weighted by Gasteiger charge is 2.16. The summed E-state index contributed by atoms with van der Waals surface area (Å²) in [6.07, 6.45) is 1.64. The number of guanidine groups is 1. The fraction of sp³-hybridized carbons (Fsp3) is 0.522. The Labute approximate surface area is 174 Å². The second-order valence-corrected chi connectivity index (χ2v) is 7.83. The van der Waals surface area contributed by atoms with E-state index in [4.69, 9.17) is 9.41 Å². The summed E-state index contributed by atoms with van der Waals surface area (Å²) in [6.45, 7) is 10.4. The van der Waals surface area contributed by atoms with Crippen LogP contribution >= 0.6 is 0 Å². The molecular formula is C23H34N4O2. The molecule has 3 N–H and O–H groups in total. The molecule has 1 fully saturated rings. The van der Waals surface area contributed by atoms with Crippen molar-refractivity contribution in [2.45, 2.75) is 58.8 Å². The van der Waals surface area contributed by atoms with E-state index in [0.29, 0.717) is 6.54 Å². The van der Waals surface area contributed by atoms with Crippen molar-refractivity contribution in [1.29, 1.82) is 0 Å². The molecule has 0 aliphatic carbocycles. The minimum Gasteiger partial charge on any atom is -0.464 e. The molecule has 29 heavy (non-hydrogen) atoms. The van der Waals surface area contributed by atoms with Gasteiger partial charge in [0.2, 0.25) is 0 Å². The van der Waals surface area contributed by atoms with Gasteiger partial charge in [0.1, 0.15) is 11.5 Å². The Bertz CT molecular complexity index is 776. The van der Waals surface area contributed by atoms with Gasteiger partial charge in [-0.25, -0.2) is 4.99 Å². The molecule has 0 spiro atoms. The number of benzene rings is 1. The van der Waals surface area contributed by atoms with Gasteiger partial charge < -0.3 is 20.2 Å². The Morgan fingerprint density at radius 3 is 2.48 bits per heavy atom. The van der Waals surface area contributed by atoms with Crippen LogP contribution in [-0.2, 0) is 13.1 Å². The third-order valence-corrected chi connectivity index (χ3v) is 5.29. The van der Waals surface area contributed by atoms with Gasteiger partial charge in [-0.1, -0.05) is 24.3 Å². The third-order valence-electron chi connectivity index (χ3n) is 5.29. The Morgan fingerprint density at radius 2 is 1.86 bits per heavy atom. The van der Waals surface area contributed by atoms with Crippen LogP contribution in [0, 0.1) is 6.92 Å². The van der Waals surface area contributed by atoms with E-state index >= 15 is 0 Å². The summed E-state index contributed by atoms with van der Waals surface area (Å²) in [5.41, 5.74) is 2.49. The molecule has 1 atom stereocenters. The molecule has 1 aromatic carbocycles. The topological polar surface area (TPSA) is 73.0 Å². The average Bonchev–Trinajstić information content (AvgIpc) is 3.16. The Kier molecular flexibility index (Phi) is 7.72. The molecule has 1 aliphatic rings. The highest BCUT2D eigenvalue weighted by atomic mass is 16.3. The normalized spacial score (nSPS) is 17.3. The number of rotatable bonds is 7. The minimum absolute atomic E-state index is 0.0481. The molecule has 6 heteroatoms. The first-order valence-electron chi connectivity index (χ1n) is 10.6. The number of aliphatic hydroxyl groups is 1. The lowest BCUT2D eigenvalue weighted by Gasteiger charge is -2.29. The molecular weight excluding hydrogens is 364 g/mol. The smallest absolute Gasteiger partial charge is 0.192 e. The number of likely N-dealkylation sites (tertiary alicyclic amines) is 1. The van der Waals surface area contributed by atoms with E-state index in [9.17, 15) is 5.11 Å². The predicted octanol–water partition coefficient (Wildman–Crippen LogP) is 3.36. The first-order valence-corrected chi connectivity index (χ1v) is 10.6. The van der Waals surface area contributed by atoms with Gasteiger partial charge >= 0.3 is 0 Å². The van der Waals surface area contributed by atoms with Crippen LogP contribution in [0.4, 0.5) is 0 Å². The van der Waals surface area contributed by atoms with E-state index in [1.165, 1.54) is 11.1 Å². The average molecular weight is 399 g/mol. The summed E-state index contributed by atoms with van der Waals surface area (Å²) in [7, 11) is 0. The molecule has 0 saturated carbocycles. The molecule has 1 aromatic heterocycles. The van der Waals surface area contributed by atoms with Gasteiger partial charge in [-0.05, 0) is 56.9 Å². The van der Waals surface area contributed by atoms with Gasteiger partial charge in [-0.2, -0.15) is 0 Å². The lowest BCUT2D eigenvalue weighted by atomic mass is 10.1. The van der Waals surface area contributed by atoms with Crippen LogP contribution in [0.15, 0.2) is 45.8 Å². The van der Waals surface area contributed by atoms with Gasteiger partial charge in [-0.3, -0.25) is 4.90 Å². The minimum atomic E-state index is -0.120. The fourth-order valence-corrected chi connectivity index (χ4v) is 3.54. The van der Waals surface area contributed by atoms with Gasteiger partial charge in [0.25, 0.3) is 0 Å². The first-order chi connectivity index (χ1) is 14.0. The molecule has 1 aliphatic heterocycles. The molecule has 0 radical (unpaired) electrons. The van der Waals surface area contributed by atoms with Crippen LogP contribution in [0.2, 0.25) is 0 Å². The van der Waals surface area contributed by atoms with Crippen molar-refractivity contribution in [2.24, 2.45) is 4.99 Å². The molecule has 158 valence electrons. The van der Waals surface area contributed by atoms with Crippen LogP contribution in [-0.4, -0.2) is 41.7 Å². The van der Waals surface area contributed by atoms with Crippen molar-refractivity contribution in [3.05, 3.63) is 59.0 Å². The highest BCUT2D eigenvalue weighted by Crippen LogP contribution is 2.16. The maximum Gasteiger partial charge on any atom is 0.192 e. The standard InChI is InChI=1S/C23H34N4O2/c1-4-24-23(26-18(3)22-10-5-17(2)29-22)25-15-19-6-8-20(9-7-19)16-27-13-11-21(28)12-14-27/h5-10,18,21,28H,4,11-16H2,1-3H3,(H2,24,25,26). The summed E-state index contributed by atoms with van der Waals surface area (Å²) in [5, 5.41) is 16.3. The number of piperidine rings is 1. The summed E-state index contributed by atoms with van der Waals surface area (Å²) in [6, 6.07) is 12.7. The van der Waals surface area contributed by atoms with Crippen LogP contribution in [0.3, 0.4) is 0 Å². The van der Waals surface area contributed by atoms with Gasteiger partial charge in [-0.15, -0.1) is 0 Å². The summed E-state index contributed by atoms with van der Waals surface area (Å²) >= 11 is 0. The molecule has 6 nitrogen and oxygen atoms in total. The second kappa shape index (κ2) is 10.5. The zero-order valence-electron chi connectivity index (χ0n) is 17.8. The Morgan fingerprint density at radius 1 is 1.17 bits per heavy atom. The van der Waals surface area contributed by atoms with E-state index in [1.54, 1.807) is 0 Å². The molecule has 2 aromatic rings. The second-order valence-electron chi connectivity index (χ2n) is 7.83. The SMILES string of the molecule is CCNC(=NCc1ccc(CN2CCC(O)CC2)cc1)NC(C)c1ccc(C)o1. The summed E-state index contributed by atoms with van der Waals surface area (Å²) < 4.78 is 5.71. The zero-order chi connectivity index (χ0) is 20.6. The number of hydrogen-bond donors (Lipinski definition) is 3. The molecule has 1 saturated heterocycles. The van der Waals surface area contributed by atoms with Crippen molar-refractivity contribution < 1.29 is 9.52 Å². The van der Waals surface area contributed by atoms with Crippen LogP contribution < -0.4 is 10.6 Å². The number of aliphatic imine (C=N–C) groups is 1. The summed E-state index contributed by atoms with van der Waals surface area (Å²) in [5.74, 6) is 2.60. The van der Waals surface area contributed by atoms with E-state index in [1.807, 2.05) is 19.1 Å². The van der Waals surface area contributed by atoms with Gasteiger partial charge in [0.15, 0.2) is 5.96 Å². The van der Waals surface area contributed by atoms with Crippen LogP contribution in [0.25, 0.3) is 0 Å². The van der Waals surface area contributed by atoms with E-state index in [0.717, 1.165) is 56.5 Å². The van der Waals surface area contributed by atoms with Crippen molar-refractivity contribution in [3.8, 4) is 0 Å². The number of nitrogens with one attached hydrogen (secondary N) is 2. The Balaban J connectivity index is 1.54. The summed E-state index contributed by atoms with van der Waals surface area (Å²) in [4.78, 5) is 7.13. The number of furan rings is 1. The number of hydrogen-bond acceptors (Lipinski definition) is 4. The maximum absolute atomic E-state index is 9.64. The zero-order valence-corrected chi connectivity index (χ0v) is 17.8. The van der Waals surface area contributed by atoms with Crippen LogP contribution in [0.5, 0.6) is 0 Å². The van der Waals surface area contributed by atoms with Crippen molar-refractivity contribution in [1.82, 2.24) is 15.5 Å². The largest absolute Gasteiger partial charge is 0.464 e. The molecule has 3 rings (SSSR count). The maximum atomic E-state index is 9.64. The number of nitrogens with zero attached hydrogens (tertiary/aromatic N) is 2. The van der Waals surface area contributed by atoms with E-state index in [-0.39, 0.29) is 12.1 Å². The molecule has 1 unspecified atom stereocenters. The monoisotopic (exact) mass is 398 g/mol. The van der Waals surface area contributed by atoms with Crippen LogP contribution in [0.1, 0.15) is 55.4 Å². The van der Waals surface area contributed by atoms with E-state index in [2.05, 4.69) is 53.6 Å². The molecule has 0 amide bonds. The molecule has 2 heterocycles. The first kappa shape index (κ1) is 21.4. The quantitative estimate of drug-likeness (QED) is 0.493. The van der Waals surface area contributed by atoms with Crippen molar-refractivity contribution in [2.75, 3.05) is 19.6 Å². The Hall–Kier alpha value is -2.31. The fourth-order valence-electron chi connectivity index (χ4n) is 3.54. The van der Waals surface area contributed by atoms with Gasteiger partial charge in [0, 0.05) is 26.2 Å². The lowest BCUT2D eigenvalue weighted by molar-refractivity contribution is 0.0792. The third kappa shape index (κ3) is 6.61. The van der Waals surface area contributed by atoms with Crippen molar-refractivity contribution >= 4 is 5.96 Å². The van der Waals surface area contributed by atoms with Gasteiger partial charge in [0.05, 0.1) is 18.7 Å². The molecule has 0 bridgehead atoms. The predicted molar refractivity (Wildman–Crippen MR) is 117 cm³/mol. The van der Waals surface area contributed by atoms with Crippen molar-refractivity contribution in [3.63, 3.8) is 0 Å². The van der Waals surface area contributed by atoms with E-state index < -0.39 is 0 Å². The highest BCUT2D eigenvalue weighted by molar-refractivity contribution is 5.80. The lowest BCUT2D eigenvalue weighted by Crippen LogP contribution is -2.38. The number of aryl methyl sites for hydroxylation is 1.